The first-order valence-corrected chi connectivity index (χ1v) is 13.0. The Hall–Kier alpha value is -3.24. The minimum atomic E-state index is -0.760. The van der Waals surface area contributed by atoms with Crippen LogP contribution in [0.2, 0.25) is 0 Å². The smallest absolute Gasteiger partial charge is 0.243 e. The Morgan fingerprint density at radius 3 is 2.67 bits per heavy atom. The van der Waals surface area contributed by atoms with Gasteiger partial charge in [-0.25, -0.2) is 4.98 Å². The fourth-order valence-electron chi connectivity index (χ4n) is 4.73. The number of carbonyl (C=O) groups excluding carboxylic acids is 2. The Morgan fingerprint density at radius 2 is 2.06 bits per heavy atom. The highest BCUT2D eigenvalue weighted by molar-refractivity contribution is 7.13. The van der Waals surface area contributed by atoms with Crippen LogP contribution >= 0.6 is 11.3 Å². The minimum Gasteiger partial charge on any atom is -0.391 e. The summed E-state index contributed by atoms with van der Waals surface area (Å²) >= 11 is 1.59. The van der Waals surface area contributed by atoms with Gasteiger partial charge < -0.3 is 25.2 Å². The van der Waals surface area contributed by atoms with Gasteiger partial charge >= 0.3 is 0 Å². The molecular formula is C26H33N5O4S. The van der Waals surface area contributed by atoms with Crippen LogP contribution in [-0.2, 0) is 16.1 Å². The Kier molecular flexibility index (Phi) is 7.75. The summed E-state index contributed by atoms with van der Waals surface area (Å²) in [6, 6.07) is 7.04. The number of nitrogens with zero attached hydrogens (tertiary/aromatic N) is 3. The summed E-state index contributed by atoms with van der Waals surface area (Å²) in [5, 5.41) is 20.4. The van der Waals surface area contributed by atoms with Crippen molar-refractivity contribution >= 4 is 28.8 Å². The second-order valence-corrected chi connectivity index (χ2v) is 10.4. The quantitative estimate of drug-likeness (QED) is 0.423. The topological polar surface area (TPSA) is 121 Å². The van der Waals surface area contributed by atoms with Crippen molar-refractivity contribution in [3.05, 3.63) is 52.5 Å². The summed E-state index contributed by atoms with van der Waals surface area (Å²) < 4.78 is 5.39. The van der Waals surface area contributed by atoms with Gasteiger partial charge in [0.25, 0.3) is 0 Å². The highest BCUT2D eigenvalue weighted by Crippen LogP contribution is 2.32. The zero-order valence-corrected chi connectivity index (χ0v) is 22.1. The second-order valence-electron chi connectivity index (χ2n) is 9.59. The zero-order valence-electron chi connectivity index (χ0n) is 21.2. The van der Waals surface area contributed by atoms with E-state index in [1.807, 2.05) is 51.5 Å². The van der Waals surface area contributed by atoms with Gasteiger partial charge in [-0.1, -0.05) is 31.1 Å². The molecule has 1 aromatic carbocycles. The molecule has 0 bridgehead atoms. The van der Waals surface area contributed by atoms with E-state index in [0.29, 0.717) is 18.0 Å². The molecular weight excluding hydrogens is 478 g/mol. The molecule has 36 heavy (non-hydrogen) atoms. The van der Waals surface area contributed by atoms with Crippen LogP contribution in [0.1, 0.15) is 48.9 Å². The lowest BCUT2D eigenvalue weighted by Gasteiger charge is -2.28. The Labute approximate surface area is 214 Å². The van der Waals surface area contributed by atoms with Gasteiger partial charge in [0.15, 0.2) is 0 Å². The van der Waals surface area contributed by atoms with Gasteiger partial charge in [-0.15, -0.1) is 11.3 Å². The van der Waals surface area contributed by atoms with Gasteiger partial charge in [0.05, 0.1) is 27.9 Å². The highest BCUT2D eigenvalue weighted by Gasteiger charge is 2.43. The summed E-state index contributed by atoms with van der Waals surface area (Å²) in [4.78, 5) is 33.7. The molecule has 0 spiro atoms. The number of β-amino-alcohol motifs (C(OH)–C–C–N with tert-alkyl or cyclic N) is 1. The molecule has 1 aliphatic heterocycles. The summed E-state index contributed by atoms with van der Waals surface area (Å²) in [5.74, 6) is -0.697. The van der Waals surface area contributed by atoms with Crippen molar-refractivity contribution in [2.24, 2.45) is 5.92 Å². The van der Waals surface area contributed by atoms with Gasteiger partial charge in [-0.2, -0.15) is 0 Å². The van der Waals surface area contributed by atoms with Crippen molar-refractivity contribution in [2.75, 3.05) is 18.9 Å². The van der Waals surface area contributed by atoms with Crippen molar-refractivity contribution in [2.45, 2.75) is 58.7 Å². The summed E-state index contributed by atoms with van der Waals surface area (Å²) in [5.41, 5.74) is 6.39. The van der Waals surface area contributed by atoms with E-state index in [9.17, 15) is 14.7 Å². The number of aryl methyl sites for hydroxylation is 2. The fraction of sp³-hybridized carbons (Fsp3) is 0.462. The molecule has 0 saturated carbocycles. The maximum atomic E-state index is 13.5. The number of anilines is 1. The van der Waals surface area contributed by atoms with Crippen molar-refractivity contribution in [3.8, 4) is 10.4 Å². The molecule has 1 aliphatic rings. The SMILES string of the molecule is CNc1cc(-c2scnc2C)ccc1CNC(=O)C1CC(O)CN1C(=O)C(c1cc(C)no1)C(C)C. The van der Waals surface area contributed by atoms with Gasteiger partial charge in [0.1, 0.15) is 17.7 Å². The van der Waals surface area contributed by atoms with Crippen molar-refractivity contribution in [1.82, 2.24) is 20.4 Å². The van der Waals surface area contributed by atoms with E-state index in [1.165, 1.54) is 4.90 Å². The third-order valence-corrected chi connectivity index (χ3v) is 7.57. The van der Waals surface area contributed by atoms with E-state index in [1.54, 1.807) is 24.3 Å². The average molecular weight is 512 g/mol. The number of thiazole rings is 1. The summed E-state index contributed by atoms with van der Waals surface area (Å²) in [6.07, 6.45) is -0.566. The standard InChI is InChI=1S/C26H33N5O4S/c1-14(2)23(22-8-15(3)30-35-22)26(34)31-12-19(32)10-21(31)25(33)28-11-18-7-6-17(9-20(18)27-5)24-16(4)29-13-36-24/h6-9,13-14,19,21,23,27,32H,10-12H2,1-5H3,(H,28,33). The van der Waals surface area contributed by atoms with Crippen LogP contribution in [0.25, 0.3) is 10.4 Å². The third kappa shape index (κ3) is 5.29. The van der Waals surface area contributed by atoms with Gasteiger partial charge in [0.2, 0.25) is 11.8 Å². The lowest BCUT2D eigenvalue weighted by molar-refractivity contribution is -0.141. The molecule has 9 nitrogen and oxygen atoms in total. The Balaban J connectivity index is 1.48. The van der Waals surface area contributed by atoms with Crippen LogP contribution in [0.4, 0.5) is 5.69 Å². The number of nitrogens with one attached hydrogen (secondary N) is 2. The first-order chi connectivity index (χ1) is 17.2. The number of carbonyl (C=O) groups is 2. The molecule has 10 heteroatoms. The molecule has 3 aromatic rings. The molecule has 2 aromatic heterocycles. The lowest BCUT2D eigenvalue weighted by atomic mass is 9.91. The predicted octanol–water partition coefficient (Wildman–Crippen LogP) is 3.47. The third-order valence-electron chi connectivity index (χ3n) is 6.59. The Morgan fingerprint density at radius 1 is 1.28 bits per heavy atom. The van der Waals surface area contributed by atoms with Crippen molar-refractivity contribution in [3.63, 3.8) is 0 Å². The number of hydrogen-bond acceptors (Lipinski definition) is 8. The van der Waals surface area contributed by atoms with E-state index in [-0.39, 0.29) is 30.7 Å². The van der Waals surface area contributed by atoms with Crippen LogP contribution in [0, 0.1) is 19.8 Å². The highest BCUT2D eigenvalue weighted by atomic mass is 32.1. The van der Waals surface area contributed by atoms with E-state index in [0.717, 1.165) is 27.4 Å². The molecule has 1 saturated heterocycles. The van der Waals surface area contributed by atoms with E-state index >= 15 is 0 Å². The minimum absolute atomic E-state index is 0.0646. The first kappa shape index (κ1) is 25.8. The van der Waals surface area contributed by atoms with Gasteiger partial charge in [-0.3, -0.25) is 9.59 Å². The molecule has 2 amide bonds. The van der Waals surface area contributed by atoms with Gasteiger partial charge in [0, 0.05) is 38.3 Å². The molecule has 3 unspecified atom stereocenters. The summed E-state index contributed by atoms with van der Waals surface area (Å²) in [6.45, 7) is 8.04. The van der Waals surface area contributed by atoms with Crippen LogP contribution in [0.15, 0.2) is 34.3 Å². The Bertz CT molecular complexity index is 1240. The number of hydrogen-bond donors (Lipinski definition) is 3. The normalized spacial score (nSPS) is 18.5. The first-order valence-electron chi connectivity index (χ1n) is 12.1. The average Bonchev–Trinajstić information content (AvgIpc) is 3.57. The van der Waals surface area contributed by atoms with Crippen LogP contribution in [-0.4, -0.2) is 57.7 Å². The number of rotatable bonds is 8. The zero-order chi connectivity index (χ0) is 26.0. The number of benzene rings is 1. The number of likely N-dealkylation sites (tertiary alicyclic amines) is 1. The second kappa shape index (κ2) is 10.8. The van der Waals surface area contributed by atoms with E-state index in [4.69, 9.17) is 4.52 Å². The van der Waals surface area contributed by atoms with Crippen LogP contribution < -0.4 is 10.6 Å². The van der Waals surface area contributed by atoms with Gasteiger partial charge in [-0.05, 0) is 37.0 Å². The number of aliphatic hydroxyl groups is 1. The van der Waals surface area contributed by atoms with Crippen LogP contribution in [0.3, 0.4) is 0 Å². The molecule has 0 aliphatic carbocycles. The van der Waals surface area contributed by atoms with Crippen LogP contribution in [0.5, 0.6) is 0 Å². The molecule has 3 heterocycles. The summed E-state index contributed by atoms with van der Waals surface area (Å²) in [7, 11) is 1.84. The monoisotopic (exact) mass is 511 g/mol. The lowest BCUT2D eigenvalue weighted by Crippen LogP contribution is -2.48. The molecule has 4 rings (SSSR count). The van der Waals surface area contributed by atoms with E-state index in [2.05, 4.69) is 20.8 Å². The largest absolute Gasteiger partial charge is 0.391 e. The molecule has 1 fully saturated rings. The van der Waals surface area contributed by atoms with Crippen molar-refractivity contribution < 1.29 is 19.2 Å². The van der Waals surface area contributed by atoms with Crippen molar-refractivity contribution in [1.29, 1.82) is 0 Å². The maximum Gasteiger partial charge on any atom is 0.243 e. The molecule has 3 N–H and O–H groups in total. The fourth-order valence-corrected chi connectivity index (χ4v) is 5.54. The maximum absolute atomic E-state index is 13.5. The predicted molar refractivity (Wildman–Crippen MR) is 139 cm³/mol. The molecule has 0 radical (unpaired) electrons. The molecule has 3 atom stereocenters. The number of aromatic nitrogens is 2. The van der Waals surface area contributed by atoms with E-state index < -0.39 is 18.1 Å². The number of aliphatic hydroxyl groups excluding tert-OH is 1. The number of amides is 2. The molecule has 192 valence electrons.